The molecule has 1 aliphatic heterocycles. The van der Waals surface area contributed by atoms with Crippen LogP contribution in [0.4, 0.5) is 11.8 Å². The van der Waals surface area contributed by atoms with Gasteiger partial charge >= 0.3 is 0 Å². The Balaban J connectivity index is 1.83. The predicted octanol–water partition coefficient (Wildman–Crippen LogP) is 2.41. The van der Waals surface area contributed by atoms with Crippen molar-refractivity contribution in [3.8, 4) is 0 Å². The highest BCUT2D eigenvalue weighted by Gasteiger charge is 2.28. The summed E-state index contributed by atoms with van der Waals surface area (Å²) in [7, 11) is 1.87. The van der Waals surface area contributed by atoms with E-state index >= 15 is 0 Å². The number of aromatic nitrogens is 2. The van der Waals surface area contributed by atoms with Crippen molar-refractivity contribution < 1.29 is 0 Å². The van der Waals surface area contributed by atoms with Crippen LogP contribution in [0.25, 0.3) is 0 Å². The van der Waals surface area contributed by atoms with Gasteiger partial charge in [0, 0.05) is 38.9 Å². The maximum Gasteiger partial charge on any atom is 0.227 e. The van der Waals surface area contributed by atoms with E-state index in [2.05, 4.69) is 44.5 Å². The summed E-state index contributed by atoms with van der Waals surface area (Å²) in [5.41, 5.74) is 1.30. The zero-order valence-electron chi connectivity index (χ0n) is 12.6. The maximum atomic E-state index is 6.24. The van der Waals surface area contributed by atoms with E-state index in [0.29, 0.717) is 0 Å². The monoisotopic (exact) mass is 317 g/mol. The molecule has 1 saturated heterocycles. The van der Waals surface area contributed by atoms with Crippen molar-refractivity contribution in [1.82, 2.24) is 14.4 Å². The number of nitrogens with one attached hydrogen (secondary N) is 1. The summed E-state index contributed by atoms with van der Waals surface area (Å²) < 4.78 is 1.85. The molecule has 0 aliphatic carbocycles. The third-order valence-corrected chi connectivity index (χ3v) is 4.21. The smallest absolute Gasteiger partial charge is 0.227 e. The highest BCUT2D eigenvalue weighted by atomic mass is 35.5. The van der Waals surface area contributed by atoms with Gasteiger partial charge in [-0.3, -0.25) is 0 Å². The van der Waals surface area contributed by atoms with Crippen molar-refractivity contribution in [2.24, 2.45) is 0 Å². The van der Waals surface area contributed by atoms with Crippen molar-refractivity contribution in [2.75, 3.05) is 36.9 Å². The molecule has 1 fully saturated rings. The van der Waals surface area contributed by atoms with Gasteiger partial charge in [0.05, 0.1) is 0 Å². The molecule has 1 atom stereocenters. The van der Waals surface area contributed by atoms with Crippen LogP contribution in [-0.4, -0.2) is 47.1 Å². The molecular formula is C16H20ClN5. The van der Waals surface area contributed by atoms with E-state index in [1.54, 1.807) is 6.20 Å². The molecule has 2 aromatic rings. The summed E-state index contributed by atoms with van der Waals surface area (Å²) in [4.78, 5) is 11.3. The van der Waals surface area contributed by atoms with Crippen LogP contribution >= 0.6 is 11.8 Å². The highest BCUT2D eigenvalue weighted by Crippen LogP contribution is 2.21. The molecule has 1 N–H and O–H groups in total. The Labute approximate surface area is 136 Å². The van der Waals surface area contributed by atoms with Gasteiger partial charge in [-0.25, -0.2) is 9.40 Å². The average molecular weight is 318 g/mol. The zero-order valence-corrected chi connectivity index (χ0v) is 13.4. The second-order valence-corrected chi connectivity index (χ2v) is 5.88. The molecule has 0 radical (unpaired) electrons. The van der Waals surface area contributed by atoms with Crippen LogP contribution < -0.4 is 10.2 Å². The van der Waals surface area contributed by atoms with Gasteiger partial charge in [0.1, 0.15) is 5.82 Å². The minimum absolute atomic E-state index is 0.265. The van der Waals surface area contributed by atoms with E-state index in [0.717, 1.165) is 37.8 Å². The van der Waals surface area contributed by atoms with Gasteiger partial charge in [0.2, 0.25) is 5.95 Å². The Morgan fingerprint density at radius 2 is 2.05 bits per heavy atom. The molecule has 1 aromatic carbocycles. The maximum absolute atomic E-state index is 6.24. The first-order chi connectivity index (χ1) is 10.8. The Morgan fingerprint density at radius 3 is 2.82 bits per heavy atom. The van der Waals surface area contributed by atoms with E-state index < -0.39 is 0 Å². The van der Waals surface area contributed by atoms with Gasteiger partial charge in [0.15, 0.2) is 0 Å². The van der Waals surface area contributed by atoms with Crippen LogP contribution in [0, 0.1) is 0 Å². The normalized spacial score (nSPS) is 19.2. The first-order valence-electron chi connectivity index (χ1n) is 7.48. The minimum atomic E-state index is 0.265. The lowest BCUT2D eigenvalue weighted by molar-refractivity contribution is 0.345. The second-order valence-electron chi connectivity index (χ2n) is 5.40. The van der Waals surface area contributed by atoms with Gasteiger partial charge in [0.25, 0.3) is 0 Å². The first-order valence-corrected chi connectivity index (χ1v) is 7.82. The molecule has 5 nitrogen and oxygen atoms in total. The SMILES string of the molecule is CNc1ccnc(N2CCN(Cl)CC2Cc2ccccc2)n1. The standard InChI is InChI=1S/C16H20ClN5/c1-18-15-7-8-19-16(20-15)22-10-9-21(17)12-14(22)11-13-5-3-2-4-6-13/h2-8,14H,9-12H2,1H3,(H,18,19,20). The van der Waals surface area contributed by atoms with Crippen molar-refractivity contribution in [2.45, 2.75) is 12.5 Å². The molecular weight excluding hydrogens is 298 g/mol. The molecule has 0 amide bonds. The molecule has 1 aromatic heterocycles. The highest BCUT2D eigenvalue weighted by molar-refractivity contribution is 6.13. The van der Waals surface area contributed by atoms with E-state index in [9.17, 15) is 0 Å². The van der Waals surface area contributed by atoms with Crippen LogP contribution in [0.3, 0.4) is 0 Å². The van der Waals surface area contributed by atoms with Crippen molar-refractivity contribution in [3.63, 3.8) is 0 Å². The summed E-state index contributed by atoms with van der Waals surface area (Å²) in [5.74, 6) is 1.59. The number of piperazine rings is 1. The fourth-order valence-corrected chi connectivity index (χ4v) is 3.00. The number of halogens is 1. The Bertz CT molecular complexity index is 606. The van der Waals surface area contributed by atoms with Crippen molar-refractivity contribution in [1.29, 1.82) is 0 Å². The van der Waals surface area contributed by atoms with E-state index in [4.69, 9.17) is 11.8 Å². The fraction of sp³-hybridized carbons (Fsp3) is 0.375. The topological polar surface area (TPSA) is 44.3 Å². The fourth-order valence-electron chi connectivity index (χ4n) is 2.77. The quantitative estimate of drug-likeness (QED) is 0.877. The third kappa shape index (κ3) is 3.48. The van der Waals surface area contributed by atoms with E-state index in [1.807, 2.05) is 23.6 Å². The van der Waals surface area contributed by atoms with Crippen molar-refractivity contribution >= 4 is 23.5 Å². The lowest BCUT2D eigenvalue weighted by atomic mass is 10.0. The molecule has 0 saturated carbocycles. The van der Waals surface area contributed by atoms with Crippen LogP contribution in [-0.2, 0) is 6.42 Å². The van der Waals surface area contributed by atoms with Gasteiger partial charge in [-0.05, 0) is 29.8 Å². The molecule has 0 bridgehead atoms. The average Bonchev–Trinajstić information content (AvgIpc) is 2.56. The molecule has 1 aliphatic rings. The van der Waals surface area contributed by atoms with E-state index in [-0.39, 0.29) is 6.04 Å². The molecule has 3 rings (SSSR count). The number of rotatable bonds is 4. The van der Waals surface area contributed by atoms with Crippen LogP contribution in [0.5, 0.6) is 0 Å². The number of hydrogen-bond donors (Lipinski definition) is 1. The summed E-state index contributed by atoms with van der Waals surface area (Å²) in [6, 6.07) is 12.6. The molecule has 6 heteroatoms. The molecule has 116 valence electrons. The largest absolute Gasteiger partial charge is 0.373 e. The molecule has 2 heterocycles. The van der Waals surface area contributed by atoms with Crippen LogP contribution in [0.1, 0.15) is 5.56 Å². The number of nitrogens with zero attached hydrogens (tertiary/aromatic N) is 4. The van der Waals surface area contributed by atoms with Crippen LogP contribution in [0.2, 0.25) is 0 Å². The summed E-state index contributed by atoms with van der Waals surface area (Å²) >= 11 is 6.24. The Kier molecular flexibility index (Phi) is 4.75. The lowest BCUT2D eigenvalue weighted by Gasteiger charge is -2.39. The molecule has 0 spiro atoms. The number of anilines is 2. The zero-order chi connectivity index (χ0) is 15.4. The minimum Gasteiger partial charge on any atom is -0.373 e. The van der Waals surface area contributed by atoms with Gasteiger partial charge in [-0.1, -0.05) is 30.3 Å². The number of benzene rings is 1. The summed E-state index contributed by atoms with van der Waals surface area (Å²) in [6.45, 7) is 2.43. The first kappa shape index (κ1) is 15.1. The lowest BCUT2D eigenvalue weighted by Crippen LogP contribution is -2.52. The molecule has 1 unspecified atom stereocenters. The van der Waals surface area contributed by atoms with Gasteiger partial charge in [-0.15, -0.1) is 0 Å². The van der Waals surface area contributed by atoms with Crippen molar-refractivity contribution in [3.05, 3.63) is 48.2 Å². The Morgan fingerprint density at radius 1 is 1.23 bits per heavy atom. The summed E-state index contributed by atoms with van der Waals surface area (Å²) in [5, 5.41) is 3.07. The number of hydrogen-bond acceptors (Lipinski definition) is 5. The summed E-state index contributed by atoms with van der Waals surface area (Å²) in [6.07, 6.45) is 2.72. The van der Waals surface area contributed by atoms with Crippen LogP contribution in [0.15, 0.2) is 42.6 Å². The molecule has 22 heavy (non-hydrogen) atoms. The predicted molar refractivity (Wildman–Crippen MR) is 90.3 cm³/mol. The van der Waals surface area contributed by atoms with Gasteiger partial charge < -0.3 is 10.2 Å². The van der Waals surface area contributed by atoms with Gasteiger partial charge in [-0.2, -0.15) is 4.98 Å². The third-order valence-electron chi connectivity index (χ3n) is 3.90. The Hall–Kier alpha value is -1.85. The van der Waals surface area contributed by atoms with E-state index in [1.165, 1.54) is 5.56 Å². The second kappa shape index (κ2) is 6.94.